The number of ether oxygens (including phenoxy) is 1. The first-order valence-electron chi connectivity index (χ1n) is 5.20. The summed E-state index contributed by atoms with van der Waals surface area (Å²) in [6.07, 6.45) is -0.308. The maximum atomic E-state index is 11.7. The Kier molecular flexibility index (Phi) is 4.81. The molecule has 1 amide bonds. The molecule has 0 spiro atoms. The summed E-state index contributed by atoms with van der Waals surface area (Å²) in [6, 6.07) is 0. The van der Waals surface area contributed by atoms with Crippen LogP contribution in [-0.4, -0.2) is 53.0 Å². The second-order valence-corrected chi connectivity index (χ2v) is 10.7. The number of rotatable bonds is 2. The number of carbonyl (C=O) groups is 1. The van der Waals surface area contributed by atoms with Gasteiger partial charge in [0, 0.05) is 0 Å². The first kappa shape index (κ1) is 14.0. The van der Waals surface area contributed by atoms with E-state index in [0.29, 0.717) is 11.1 Å². The number of nitrogens with zero attached hydrogens (tertiary/aromatic N) is 1. The van der Waals surface area contributed by atoms with Gasteiger partial charge in [0.05, 0.1) is 0 Å². The fraction of sp³-hybridized carbons (Fsp3) is 0.900. The zero-order chi connectivity index (χ0) is 12.3. The normalized spacial score (nSPS) is 21.1. The first-order chi connectivity index (χ1) is 7.33. The molecule has 1 radical (unpaired) electrons. The van der Waals surface area contributed by atoms with Gasteiger partial charge in [0.2, 0.25) is 0 Å². The molecule has 97 valence electrons. The summed E-state index contributed by atoms with van der Waals surface area (Å²) in [5, 5.41) is 18.4. The molecule has 0 saturated carbocycles. The second-order valence-electron chi connectivity index (χ2n) is 4.67. The summed E-state index contributed by atoms with van der Waals surface area (Å²) < 4.78 is 6.14. The van der Waals surface area contributed by atoms with E-state index in [-0.39, 0.29) is 12.7 Å². The fourth-order valence-electron chi connectivity index (χ4n) is 1.29. The number of aliphatic hydroxyl groups is 2. The molecule has 1 aliphatic rings. The van der Waals surface area contributed by atoms with Crippen LogP contribution in [0.5, 0.6) is 0 Å². The minimum atomic E-state index is -1.60. The molecule has 1 aliphatic heterocycles. The Bertz CT molecular complexity index is 254. The molecule has 1 rings (SSSR count). The standard InChI is InChI=1S/C10H20INO4/c1-10(2,3)16-9(15)12-5-4-11(7-12)8(14)6-13/h8,13-14H,4-7H2,1-3H3/q-1/t8-/m0/s1. The van der Waals surface area contributed by atoms with Crippen LogP contribution in [0.25, 0.3) is 0 Å². The average Bonchev–Trinajstić information content (AvgIpc) is 2.62. The van der Waals surface area contributed by atoms with E-state index in [4.69, 9.17) is 9.84 Å². The molecular formula is C10H20INO4-. The van der Waals surface area contributed by atoms with Gasteiger partial charge in [-0.15, -0.1) is 0 Å². The van der Waals surface area contributed by atoms with Crippen molar-refractivity contribution in [3.63, 3.8) is 0 Å². The van der Waals surface area contributed by atoms with E-state index in [1.165, 1.54) is 0 Å². The van der Waals surface area contributed by atoms with Crippen molar-refractivity contribution in [2.24, 2.45) is 0 Å². The molecule has 1 fully saturated rings. The van der Waals surface area contributed by atoms with E-state index in [0.717, 1.165) is 4.43 Å². The van der Waals surface area contributed by atoms with Crippen molar-refractivity contribution in [1.29, 1.82) is 0 Å². The molecule has 0 aromatic carbocycles. The van der Waals surface area contributed by atoms with Crippen molar-refractivity contribution in [1.82, 2.24) is 4.90 Å². The van der Waals surface area contributed by atoms with Gasteiger partial charge in [-0.1, -0.05) is 0 Å². The zero-order valence-electron chi connectivity index (χ0n) is 9.94. The van der Waals surface area contributed by atoms with Crippen molar-refractivity contribution in [2.45, 2.75) is 30.5 Å². The quantitative estimate of drug-likeness (QED) is 0.321. The van der Waals surface area contributed by atoms with Gasteiger partial charge in [-0.3, -0.25) is 0 Å². The number of hydrogen-bond acceptors (Lipinski definition) is 4. The van der Waals surface area contributed by atoms with Crippen LogP contribution in [0.3, 0.4) is 0 Å². The Morgan fingerprint density at radius 2 is 2.19 bits per heavy atom. The molecule has 0 bridgehead atoms. The van der Waals surface area contributed by atoms with E-state index in [1.807, 2.05) is 20.8 Å². The van der Waals surface area contributed by atoms with Crippen molar-refractivity contribution < 1.29 is 39.6 Å². The van der Waals surface area contributed by atoms with Crippen LogP contribution in [0, 0.1) is 0 Å². The monoisotopic (exact) mass is 345 g/mol. The predicted octanol–water partition coefficient (Wildman–Crippen LogP) is -2.87. The number of carbonyl (C=O) groups excluding carboxylic acids is 1. The van der Waals surface area contributed by atoms with Crippen LogP contribution in [0.4, 0.5) is 4.79 Å². The molecule has 1 atom stereocenters. The molecule has 0 aromatic heterocycles. The van der Waals surface area contributed by atoms with E-state index in [9.17, 15) is 9.90 Å². The summed E-state index contributed by atoms with van der Waals surface area (Å²) in [7, 11) is 0. The number of halogens is 1. The van der Waals surface area contributed by atoms with Gasteiger partial charge < -0.3 is 0 Å². The summed E-state index contributed by atoms with van der Waals surface area (Å²) in [6.45, 7) is 5.96. The van der Waals surface area contributed by atoms with Gasteiger partial charge >= 0.3 is 103 Å². The third-order valence-corrected chi connectivity index (χ3v) is 8.05. The van der Waals surface area contributed by atoms with Crippen molar-refractivity contribution in [3.8, 4) is 0 Å². The Labute approximate surface area is 103 Å². The van der Waals surface area contributed by atoms with Crippen LogP contribution in [0.2, 0.25) is 0 Å². The van der Waals surface area contributed by atoms with Crippen LogP contribution < -0.4 is 19.8 Å². The van der Waals surface area contributed by atoms with Crippen molar-refractivity contribution >= 4 is 6.09 Å². The molecule has 0 unspecified atom stereocenters. The van der Waals surface area contributed by atoms with Gasteiger partial charge in [-0.05, 0) is 0 Å². The molecular weight excluding hydrogens is 325 g/mol. The summed E-state index contributed by atoms with van der Waals surface area (Å²) >= 11 is -1.60. The summed E-state index contributed by atoms with van der Waals surface area (Å²) in [5.74, 6) is 0. The van der Waals surface area contributed by atoms with Crippen molar-refractivity contribution in [3.05, 3.63) is 0 Å². The topological polar surface area (TPSA) is 70.0 Å². The Morgan fingerprint density at radius 3 is 2.69 bits per heavy atom. The summed E-state index contributed by atoms with van der Waals surface area (Å²) in [5.41, 5.74) is -0.478. The molecule has 6 heteroatoms. The van der Waals surface area contributed by atoms with E-state index in [1.54, 1.807) is 4.90 Å². The average molecular weight is 345 g/mol. The molecule has 16 heavy (non-hydrogen) atoms. The molecule has 1 heterocycles. The van der Waals surface area contributed by atoms with Gasteiger partial charge in [0.1, 0.15) is 0 Å². The number of hydrogen-bond donors (Lipinski definition) is 2. The molecule has 0 aliphatic carbocycles. The number of aliphatic hydroxyl groups excluding tert-OH is 2. The molecule has 5 nitrogen and oxygen atoms in total. The third-order valence-electron chi connectivity index (χ3n) is 2.05. The van der Waals surface area contributed by atoms with Gasteiger partial charge in [-0.25, -0.2) is 0 Å². The molecule has 1 saturated heterocycles. The second kappa shape index (κ2) is 5.50. The van der Waals surface area contributed by atoms with Crippen LogP contribution in [0.15, 0.2) is 0 Å². The van der Waals surface area contributed by atoms with Crippen LogP contribution >= 0.6 is 0 Å². The zero-order valence-corrected chi connectivity index (χ0v) is 12.1. The predicted molar refractivity (Wildman–Crippen MR) is 55.8 cm³/mol. The van der Waals surface area contributed by atoms with Crippen molar-refractivity contribution in [2.75, 3.05) is 22.1 Å². The Hall–Kier alpha value is -0.0800. The molecule has 0 aromatic rings. The van der Waals surface area contributed by atoms with E-state index < -0.39 is 29.5 Å². The van der Waals surface area contributed by atoms with Crippen LogP contribution in [0.1, 0.15) is 20.8 Å². The Balaban J connectivity index is 2.44. The number of alkyl halides is 3. The van der Waals surface area contributed by atoms with Crippen LogP contribution in [-0.2, 0) is 4.74 Å². The van der Waals surface area contributed by atoms with Gasteiger partial charge in [0.25, 0.3) is 0 Å². The summed E-state index contributed by atoms with van der Waals surface area (Å²) in [4.78, 5) is 13.3. The first-order valence-corrected chi connectivity index (χ1v) is 9.50. The van der Waals surface area contributed by atoms with E-state index >= 15 is 0 Å². The third kappa shape index (κ3) is 4.06. The van der Waals surface area contributed by atoms with Gasteiger partial charge in [0.15, 0.2) is 0 Å². The Morgan fingerprint density at radius 1 is 1.56 bits per heavy atom. The minimum absolute atomic E-state index is 0.187. The fourth-order valence-corrected chi connectivity index (χ4v) is 6.24. The SMILES string of the molecule is CC(C)(C)OC(=O)N1CC[I-]([C@@H](O)CO)C1. The number of amides is 1. The molecule has 2 N–H and O–H groups in total. The maximum absolute atomic E-state index is 11.7. The van der Waals surface area contributed by atoms with E-state index in [2.05, 4.69) is 0 Å². The van der Waals surface area contributed by atoms with Gasteiger partial charge in [-0.2, -0.15) is 0 Å².